The molecule has 5 nitrogen and oxygen atoms in total. The van der Waals surface area contributed by atoms with Gasteiger partial charge in [0, 0.05) is 14.1 Å². The number of para-hydroxylation sites is 1. The Morgan fingerprint density at radius 1 is 1.35 bits per heavy atom. The fourth-order valence-corrected chi connectivity index (χ4v) is 2.76. The minimum absolute atomic E-state index is 0.180. The zero-order valence-corrected chi connectivity index (χ0v) is 13.1. The Kier molecular flexibility index (Phi) is 4.37. The molecule has 3 N–H and O–H groups in total. The van der Waals surface area contributed by atoms with Gasteiger partial charge in [-0.05, 0) is 12.1 Å². The molecule has 106 valence electrons. The average Bonchev–Trinajstić information content (AvgIpc) is 2.76. The lowest BCUT2D eigenvalue weighted by Crippen LogP contribution is -2.12. The monoisotopic (exact) mass is 330 g/mol. The Labute approximate surface area is 130 Å². The van der Waals surface area contributed by atoms with E-state index in [1.165, 1.54) is 11.3 Å². The summed E-state index contributed by atoms with van der Waals surface area (Å²) in [7, 11) is 3.65. The van der Waals surface area contributed by atoms with Crippen molar-refractivity contribution in [3.8, 4) is 0 Å². The third kappa shape index (κ3) is 2.98. The van der Waals surface area contributed by atoms with Gasteiger partial charge in [-0.1, -0.05) is 40.6 Å². The number of nitrogens with two attached hydrogens (primary N) is 1. The van der Waals surface area contributed by atoms with E-state index in [1.54, 1.807) is 23.1 Å². The molecule has 8 heteroatoms. The van der Waals surface area contributed by atoms with Gasteiger partial charge in [0.25, 0.3) is 5.91 Å². The van der Waals surface area contributed by atoms with E-state index < -0.39 is 0 Å². The van der Waals surface area contributed by atoms with Crippen molar-refractivity contribution in [3.05, 3.63) is 33.1 Å². The van der Waals surface area contributed by atoms with Gasteiger partial charge >= 0.3 is 0 Å². The zero-order chi connectivity index (χ0) is 14.9. The van der Waals surface area contributed by atoms with Crippen LogP contribution >= 0.6 is 34.5 Å². The van der Waals surface area contributed by atoms with Crippen molar-refractivity contribution in [2.75, 3.05) is 30.0 Å². The van der Waals surface area contributed by atoms with Gasteiger partial charge in [0.1, 0.15) is 10.7 Å². The fraction of sp³-hybridized carbons (Fsp3) is 0.167. The van der Waals surface area contributed by atoms with Crippen molar-refractivity contribution in [2.45, 2.75) is 0 Å². The Hall–Kier alpha value is -1.50. The van der Waals surface area contributed by atoms with Gasteiger partial charge in [-0.25, -0.2) is 4.98 Å². The number of nitrogen functional groups attached to an aromatic ring is 1. The van der Waals surface area contributed by atoms with E-state index in [2.05, 4.69) is 10.3 Å². The maximum Gasteiger partial charge on any atom is 0.269 e. The Morgan fingerprint density at radius 2 is 1.95 bits per heavy atom. The molecule has 0 aliphatic heterocycles. The quantitative estimate of drug-likeness (QED) is 0.905. The Morgan fingerprint density at radius 3 is 2.45 bits per heavy atom. The summed E-state index contributed by atoms with van der Waals surface area (Å²) in [5.41, 5.74) is 6.12. The van der Waals surface area contributed by atoms with E-state index in [1.807, 2.05) is 14.1 Å². The van der Waals surface area contributed by atoms with Crippen LogP contribution in [0.4, 0.5) is 16.6 Å². The van der Waals surface area contributed by atoms with Crippen LogP contribution in [0.1, 0.15) is 9.67 Å². The predicted molar refractivity (Wildman–Crippen MR) is 85.3 cm³/mol. The number of halogens is 2. The van der Waals surface area contributed by atoms with Crippen LogP contribution in [0, 0.1) is 0 Å². The number of amides is 1. The first-order valence-electron chi connectivity index (χ1n) is 5.59. The van der Waals surface area contributed by atoms with Crippen LogP contribution in [0.2, 0.25) is 10.0 Å². The van der Waals surface area contributed by atoms with Gasteiger partial charge in [-0.2, -0.15) is 0 Å². The highest BCUT2D eigenvalue weighted by atomic mass is 35.5. The van der Waals surface area contributed by atoms with E-state index in [0.717, 1.165) is 0 Å². The lowest BCUT2D eigenvalue weighted by molar-refractivity contribution is 0.103. The van der Waals surface area contributed by atoms with Crippen molar-refractivity contribution in [2.24, 2.45) is 0 Å². The predicted octanol–water partition coefficient (Wildman–Crippen LogP) is 3.35. The second-order valence-electron chi connectivity index (χ2n) is 4.16. The van der Waals surface area contributed by atoms with E-state index >= 15 is 0 Å². The highest BCUT2D eigenvalue weighted by Gasteiger charge is 2.19. The second-order valence-corrected chi connectivity index (χ2v) is 5.95. The number of anilines is 3. The molecule has 20 heavy (non-hydrogen) atoms. The summed E-state index contributed by atoms with van der Waals surface area (Å²) in [4.78, 5) is 18.4. The molecular weight excluding hydrogens is 319 g/mol. The number of rotatable bonds is 3. The van der Waals surface area contributed by atoms with Crippen LogP contribution in [-0.2, 0) is 0 Å². The van der Waals surface area contributed by atoms with Gasteiger partial charge in [-0.15, -0.1) is 0 Å². The molecule has 0 atom stereocenters. The molecular formula is C12H12Cl2N4OS. The van der Waals surface area contributed by atoms with Crippen LogP contribution in [0.15, 0.2) is 18.2 Å². The van der Waals surface area contributed by atoms with Crippen LogP contribution in [-0.4, -0.2) is 25.0 Å². The van der Waals surface area contributed by atoms with Gasteiger partial charge < -0.3 is 16.0 Å². The molecule has 0 saturated carbocycles. The number of nitrogens with zero attached hydrogens (tertiary/aromatic N) is 2. The fourth-order valence-electron chi connectivity index (χ4n) is 1.46. The SMILES string of the molecule is CN(C)c1nc(N)c(C(=O)Nc2c(Cl)cccc2Cl)s1. The first-order chi connectivity index (χ1) is 9.40. The largest absolute Gasteiger partial charge is 0.382 e. The Bertz CT molecular complexity index is 637. The van der Waals surface area contributed by atoms with Crippen molar-refractivity contribution in [3.63, 3.8) is 0 Å². The lowest BCUT2D eigenvalue weighted by atomic mass is 10.3. The molecule has 0 radical (unpaired) electrons. The summed E-state index contributed by atoms with van der Waals surface area (Å²) >= 11 is 13.2. The number of hydrogen-bond acceptors (Lipinski definition) is 5. The second kappa shape index (κ2) is 5.87. The number of nitrogens with one attached hydrogen (secondary N) is 1. The molecule has 0 saturated heterocycles. The number of hydrogen-bond donors (Lipinski definition) is 2. The maximum atomic E-state index is 12.2. The average molecular weight is 331 g/mol. The molecule has 1 heterocycles. The summed E-state index contributed by atoms with van der Waals surface area (Å²) in [5.74, 6) is -0.206. The van der Waals surface area contributed by atoms with E-state index in [0.29, 0.717) is 25.7 Å². The molecule has 1 aromatic heterocycles. The molecule has 0 aliphatic rings. The molecule has 0 spiro atoms. The minimum atomic E-state index is -0.386. The van der Waals surface area contributed by atoms with Gasteiger partial charge in [0.15, 0.2) is 5.13 Å². The molecule has 0 fully saturated rings. The van der Waals surface area contributed by atoms with E-state index in [9.17, 15) is 4.79 Å². The highest BCUT2D eigenvalue weighted by Crippen LogP contribution is 2.32. The van der Waals surface area contributed by atoms with Crippen LogP contribution in [0.3, 0.4) is 0 Å². The van der Waals surface area contributed by atoms with Crippen LogP contribution in [0.25, 0.3) is 0 Å². The maximum absolute atomic E-state index is 12.2. The lowest BCUT2D eigenvalue weighted by Gasteiger charge is -2.08. The molecule has 0 unspecified atom stereocenters. The van der Waals surface area contributed by atoms with Gasteiger partial charge in [-0.3, -0.25) is 4.79 Å². The third-order valence-corrected chi connectivity index (χ3v) is 4.30. The third-order valence-electron chi connectivity index (χ3n) is 2.43. The number of aromatic nitrogens is 1. The molecule has 2 rings (SSSR count). The van der Waals surface area contributed by atoms with Crippen LogP contribution in [0.5, 0.6) is 0 Å². The molecule has 2 aromatic rings. The normalized spacial score (nSPS) is 10.4. The van der Waals surface area contributed by atoms with Gasteiger partial charge in [0.05, 0.1) is 15.7 Å². The minimum Gasteiger partial charge on any atom is -0.382 e. The summed E-state index contributed by atoms with van der Waals surface area (Å²) in [6.07, 6.45) is 0. The molecule has 0 aliphatic carbocycles. The summed E-state index contributed by atoms with van der Waals surface area (Å²) in [6.45, 7) is 0. The number of thiazole rings is 1. The van der Waals surface area contributed by atoms with Crippen molar-refractivity contribution in [1.82, 2.24) is 4.98 Å². The van der Waals surface area contributed by atoms with Crippen molar-refractivity contribution < 1.29 is 4.79 Å². The van der Waals surface area contributed by atoms with Crippen LogP contribution < -0.4 is 16.0 Å². The van der Waals surface area contributed by atoms with Crippen molar-refractivity contribution >= 4 is 57.1 Å². The first kappa shape index (κ1) is 14.9. The first-order valence-corrected chi connectivity index (χ1v) is 7.16. The number of benzene rings is 1. The van der Waals surface area contributed by atoms with E-state index in [4.69, 9.17) is 28.9 Å². The number of carbonyl (C=O) groups excluding carboxylic acids is 1. The summed E-state index contributed by atoms with van der Waals surface area (Å²) in [6, 6.07) is 4.99. The topological polar surface area (TPSA) is 71.2 Å². The summed E-state index contributed by atoms with van der Waals surface area (Å²) in [5, 5.41) is 4.03. The molecule has 1 aromatic carbocycles. The standard InChI is InChI=1S/C12H12Cl2N4OS/c1-18(2)12-17-10(15)9(20-12)11(19)16-8-6(13)4-3-5-7(8)14/h3-5H,15H2,1-2H3,(H,16,19). The summed E-state index contributed by atoms with van der Waals surface area (Å²) < 4.78 is 0. The molecule has 0 bridgehead atoms. The van der Waals surface area contributed by atoms with Crippen molar-refractivity contribution in [1.29, 1.82) is 0 Å². The number of carbonyl (C=O) groups is 1. The highest BCUT2D eigenvalue weighted by molar-refractivity contribution is 7.18. The Balaban J connectivity index is 2.29. The van der Waals surface area contributed by atoms with E-state index in [-0.39, 0.29) is 11.7 Å². The van der Waals surface area contributed by atoms with Gasteiger partial charge in [0.2, 0.25) is 0 Å². The zero-order valence-electron chi connectivity index (χ0n) is 10.8. The molecule has 1 amide bonds. The smallest absolute Gasteiger partial charge is 0.269 e.